The number of hydrogen-bond acceptors (Lipinski definition) is 3. The summed E-state index contributed by atoms with van der Waals surface area (Å²) >= 11 is 0. The van der Waals surface area contributed by atoms with Gasteiger partial charge in [-0.25, -0.2) is 4.39 Å². The van der Waals surface area contributed by atoms with Gasteiger partial charge in [-0.15, -0.1) is 0 Å². The van der Waals surface area contributed by atoms with Gasteiger partial charge in [0.1, 0.15) is 5.60 Å². The third-order valence-electron chi connectivity index (χ3n) is 6.38. The van der Waals surface area contributed by atoms with Crippen molar-refractivity contribution in [2.75, 3.05) is 26.7 Å². The number of methoxy groups -OCH3 is 1. The summed E-state index contributed by atoms with van der Waals surface area (Å²) in [6, 6.07) is 3.45. The summed E-state index contributed by atoms with van der Waals surface area (Å²) in [6.45, 7) is 7.88. The molecule has 0 radical (unpaired) electrons. The van der Waals surface area contributed by atoms with Gasteiger partial charge in [-0.3, -0.25) is 0 Å². The highest BCUT2D eigenvalue weighted by atomic mass is 19.1. The van der Waals surface area contributed by atoms with Crippen LogP contribution in [-0.2, 0) is 16.8 Å². The smallest absolute Gasteiger partial charge is 0.165 e. The molecule has 0 aromatic heterocycles. The lowest BCUT2D eigenvalue weighted by Gasteiger charge is -2.39. The van der Waals surface area contributed by atoms with Crippen LogP contribution in [0.3, 0.4) is 0 Å². The summed E-state index contributed by atoms with van der Waals surface area (Å²) in [7, 11) is 1.56. The van der Waals surface area contributed by atoms with Gasteiger partial charge in [0.25, 0.3) is 0 Å². The van der Waals surface area contributed by atoms with Gasteiger partial charge in [0.2, 0.25) is 0 Å². The maximum atomic E-state index is 14.4. The first kappa shape index (κ1) is 16.3. The van der Waals surface area contributed by atoms with Crippen LogP contribution in [0.1, 0.15) is 50.7 Å². The Morgan fingerprint density at radius 2 is 2.04 bits per heavy atom. The summed E-state index contributed by atoms with van der Waals surface area (Å²) in [4.78, 5) is 2.51. The lowest BCUT2D eigenvalue weighted by atomic mass is 9.73. The molecule has 4 heteroatoms. The quantitative estimate of drug-likeness (QED) is 0.838. The van der Waals surface area contributed by atoms with Gasteiger partial charge in [-0.2, -0.15) is 0 Å². The zero-order valence-electron chi connectivity index (χ0n) is 15.0. The van der Waals surface area contributed by atoms with Crippen LogP contribution >= 0.6 is 0 Å². The Morgan fingerprint density at radius 3 is 2.75 bits per heavy atom. The van der Waals surface area contributed by atoms with Crippen molar-refractivity contribution in [2.45, 2.75) is 57.7 Å². The second-order valence-electron chi connectivity index (χ2n) is 8.29. The van der Waals surface area contributed by atoms with Crippen molar-refractivity contribution in [1.29, 1.82) is 0 Å². The molecule has 0 bridgehead atoms. The van der Waals surface area contributed by atoms with E-state index in [1.54, 1.807) is 7.11 Å². The lowest BCUT2D eigenvalue weighted by molar-refractivity contribution is -0.116. The lowest BCUT2D eigenvalue weighted by Crippen LogP contribution is -2.40. The minimum atomic E-state index is -0.417. The van der Waals surface area contributed by atoms with Gasteiger partial charge in [0, 0.05) is 17.5 Å². The first-order chi connectivity index (χ1) is 11.5. The Bertz CT molecular complexity index is 639. The minimum Gasteiger partial charge on any atom is -0.493 e. The molecule has 3 nitrogen and oxygen atoms in total. The van der Waals surface area contributed by atoms with E-state index in [0.29, 0.717) is 5.75 Å². The van der Waals surface area contributed by atoms with Crippen molar-refractivity contribution >= 4 is 0 Å². The van der Waals surface area contributed by atoms with E-state index in [0.717, 1.165) is 31.4 Å². The predicted octanol–water partition coefficient (Wildman–Crippen LogP) is 3.89. The summed E-state index contributed by atoms with van der Waals surface area (Å²) in [5, 5.41) is 0. The van der Waals surface area contributed by atoms with Gasteiger partial charge < -0.3 is 14.4 Å². The summed E-state index contributed by atoms with van der Waals surface area (Å²) < 4.78 is 26.6. The van der Waals surface area contributed by atoms with Gasteiger partial charge >= 0.3 is 0 Å². The molecule has 1 aromatic carbocycles. The number of ether oxygens (including phenoxy) is 2. The molecular weight excluding hydrogens is 305 g/mol. The highest BCUT2D eigenvalue weighted by molar-refractivity contribution is 5.51. The van der Waals surface area contributed by atoms with Gasteiger partial charge in [0.05, 0.1) is 13.2 Å². The molecule has 4 rings (SSSR count). The summed E-state index contributed by atoms with van der Waals surface area (Å²) in [6.07, 6.45) is 5.73. The second-order valence-corrected chi connectivity index (χ2v) is 8.29. The molecule has 2 unspecified atom stereocenters. The number of hydrogen-bond donors (Lipinski definition) is 0. The van der Waals surface area contributed by atoms with E-state index in [4.69, 9.17) is 9.47 Å². The average Bonchev–Trinajstić information content (AvgIpc) is 3.23. The van der Waals surface area contributed by atoms with Crippen LogP contribution in [0, 0.1) is 11.2 Å². The maximum Gasteiger partial charge on any atom is 0.165 e. The molecule has 0 N–H and O–H groups in total. The van der Waals surface area contributed by atoms with Crippen LogP contribution in [0.5, 0.6) is 5.75 Å². The molecule has 1 spiro atoms. The number of nitrogens with zero attached hydrogens (tertiary/aromatic N) is 1. The standard InChI is InChI=1S/C20H28FNO2/c1-19(2)12-14-6-7-16(21)18(23-3)17(14)20(19)9-8-15(24-20)13-22-10-4-5-11-22/h6-7,15H,4-5,8-13H2,1-3H3. The van der Waals surface area contributed by atoms with Crippen LogP contribution in [0.4, 0.5) is 4.39 Å². The van der Waals surface area contributed by atoms with E-state index < -0.39 is 5.60 Å². The Balaban J connectivity index is 1.68. The van der Waals surface area contributed by atoms with Crippen LogP contribution < -0.4 is 4.74 Å². The summed E-state index contributed by atoms with van der Waals surface area (Å²) in [5.41, 5.74) is 1.69. The third kappa shape index (κ3) is 2.30. The number of halogens is 1. The highest BCUT2D eigenvalue weighted by Gasteiger charge is 2.58. The molecule has 1 aliphatic carbocycles. The van der Waals surface area contributed by atoms with Crippen LogP contribution in [0.2, 0.25) is 0 Å². The maximum absolute atomic E-state index is 14.4. The Morgan fingerprint density at radius 1 is 1.29 bits per heavy atom. The fourth-order valence-corrected chi connectivity index (χ4v) is 5.18. The summed E-state index contributed by atoms with van der Waals surface area (Å²) in [5.74, 6) is 0.111. The van der Waals surface area contributed by atoms with Gasteiger partial charge in [-0.05, 0) is 56.8 Å². The SMILES string of the molecule is COc1c(F)ccc2c1C1(CCC(CN3CCCC3)O1)C(C)(C)C2. The number of likely N-dealkylation sites (tertiary alicyclic amines) is 1. The predicted molar refractivity (Wildman–Crippen MR) is 91.9 cm³/mol. The van der Waals surface area contributed by atoms with Crippen LogP contribution in [0.15, 0.2) is 12.1 Å². The zero-order valence-corrected chi connectivity index (χ0v) is 15.0. The largest absolute Gasteiger partial charge is 0.493 e. The molecule has 1 aromatic rings. The molecular formula is C20H28FNO2. The van der Waals surface area contributed by atoms with Gasteiger partial charge in [-0.1, -0.05) is 19.9 Å². The average molecular weight is 333 g/mol. The molecule has 2 atom stereocenters. The van der Waals surface area contributed by atoms with E-state index in [-0.39, 0.29) is 17.3 Å². The van der Waals surface area contributed by atoms with Crippen molar-refractivity contribution in [2.24, 2.45) is 5.41 Å². The Labute approximate surface area is 144 Å². The number of benzene rings is 1. The second kappa shape index (κ2) is 5.70. The molecule has 2 fully saturated rings. The molecule has 2 saturated heterocycles. The molecule has 2 aliphatic heterocycles. The first-order valence-corrected chi connectivity index (χ1v) is 9.23. The van der Waals surface area contributed by atoms with Crippen LogP contribution in [-0.4, -0.2) is 37.7 Å². The van der Waals surface area contributed by atoms with Crippen molar-refractivity contribution in [1.82, 2.24) is 4.90 Å². The topological polar surface area (TPSA) is 21.7 Å². The number of rotatable bonds is 3. The van der Waals surface area contributed by atoms with E-state index in [9.17, 15) is 4.39 Å². The van der Waals surface area contributed by atoms with Crippen molar-refractivity contribution < 1.29 is 13.9 Å². The molecule has 3 aliphatic rings. The molecule has 0 amide bonds. The van der Waals surface area contributed by atoms with E-state index in [1.807, 2.05) is 6.07 Å². The molecule has 132 valence electrons. The Hall–Kier alpha value is -1.13. The Kier molecular flexibility index (Phi) is 3.88. The zero-order chi connectivity index (χ0) is 16.9. The fourth-order valence-electron chi connectivity index (χ4n) is 5.18. The molecule has 2 heterocycles. The van der Waals surface area contributed by atoms with Crippen LogP contribution in [0.25, 0.3) is 0 Å². The normalized spacial score (nSPS) is 31.8. The van der Waals surface area contributed by atoms with Crippen molar-refractivity contribution in [3.05, 3.63) is 29.1 Å². The molecule has 0 saturated carbocycles. The molecule has 24 heavy (non-hydrogen) atoms. The van der Waals surface area contributed by atoms with Crippen molar-refractivity contribution in [3.8, 4) is 5.75 Å². The fraction of sp³-hybridized carbons (Fsp3) is 0.700. The highest BCUT2D eigenvalue weighted by Crippen LogP contribution is 2.61. The van der Waals surface area contributed by atoms with Crippen molar-refractivity contribution in [3.63, 3.8) is 0 Å². The first-order valence-electron chi connectivity index (χ1n) is 9.23. The van der Waals surface area contributed by atoms with E-state index in [2.05, 4.69) is 18.7 Å². The third-order valence-corrected chi connectivity index (χ3v) is 6.38. The van der Waals surface area contributed by atoms with E-state index in [1.165, 1.54) is 37.6 Å². The van der Waals surface area contributed by atoms with E-state index >= 15 is 0 Å². The number of fused-ring (bicyclic) bond motifs is 2. The van der Waals surface area contributed by atoms with Gasteiger partial charge in [0.15, 0.2) is 11.6 Å². The minimum absolute atomic E-state index is 0.0455. The monoisotopic (exact) mass is 333 g/mol.